The predicted molar refractivity (Wildman–Crippen MR) is 135 cm³/mol. The standard InChI is InChI=1S/C28H44N2O4/c1-25(2)15-9-16-26(3,4)29(25)19-23(31)33-21-11-13-22(14-12-21)34-24(32)20-30-27(5,6)17-10-18-28(30,7)8/h11-14H,9-10,15-20H2,1-8H3. The van der Waals surface area contributed by atoms with E-state index in [1.165, 1.54) is 12.8 Å². The molecule has 0 aliphatic carbocycles. The van der Waals surface area contributed by atoms with Crippen molar-refractivity contribution in [3.8, 4) is 11.5 Å². The van der Waals surface area contributed by atoms with Crippen LogP contribution in [-0.4, -0.2) is 57.0 Å². The summed E-state index contributed by atoms with van der Waals surface area (Å²) in [7, 11) is 0. The summed E-state index contributed by atoms with van der Waals surface area (Å²) in [5, 5.41) is 0. The van der Waals surface area contributed by atoms with Gasteiger partial charge in [0.25, 0.3) is 0 Å². The third-order valence-electron chi connectivity index (χ3n) is 7.94. The highest BCUT2D eigenvalue weighted by molar-refractivity contribution is 5.76. The van der Waals surface area contributed by atoms with Crippen molar-refractivity contribution in [1.29, 1.82) is 0 Å². The van der Waals surface area contributed by atoms with Gasteiger partial charge in [-0.25, -0.2) is 0 Å². The third-order valence-corrected chi connectivity index (χ3v) is 7.94. The molecule has 2 saturated heterocycles. The Hall–Kier alpha value is -1.92. The van der Waals surface area contributed by atoms with Gasteiger partial charge in [0.05, 0.1) is 13.1 Å². The zero-order chi connectivity index (χ0) is 25.4. The Morgan fingerprint density at radius 2 is 0.882 bits per heavy atom. The van der Waals surface area contributed by atoms with E-state index in [1.54, 1.807) is 24.3 Å². The second-order valence-electron chi connectivity index (χ2n) is 12.5. The van der Waals surface area contributed by atoms with Crippen molar-refractivity contribution >= 4 is 11.9 Å². The number of hydrogen-bond acceptors (Lipinski definition) is 6. The molecule has 0 N–H and O–H groups in total. The van der Waals surface area contributed by atoms with Crippen LogP contribution in [0.25, 0.3) is 0 Å². The topological polar surface area (TPSA) is 59.1 Å². The Morgan fingerprint density at radius 3 is 1.15 bits per heavy atom. The molecule has 1 aromatic carbocycles. The molecule has 2 heterocycles. The molecule has 0 amide bonds. The van der Waals surface area contributed by atoms with Crippen LogP contribution in [0.15, 0.2) is 24.3 Å². The fourth-order valence-electron chi connectivity index (χ4n) is 6.10. The molecular weight excluding hydrogens is 428 g/mol. The molecule has 1 aromatic rings. The summed E-state index contributed by atoms with van der Waals surface area (Å²) in [4.78, 5) is 29.9. The normalized spacial score (nSPS) is 23.8. The van der Waals surface area contributed by atoms with E-state index in [1.807, 2.05) is 0 Å². The quantitative estimate of drug-likeness (QED) is 0.398. The Balaban J connectivity index is 1.56. The Kier molecular flexibility index (Phi) is 7.55. The molecule has 0 aromatic heterocycles. The minimum Gasteiger partial charge on any atom is -0.426 e. The van der Waals surface area contributed by atoms with Gasteiger partial charge in [0.2, 0.25) is 0 Å². The van der Waals surface area contributed by atoms with Gasteiger partial charge in [-0.3, -0.25) is 19.4 Å². The smallest absolute Gasteiger partial charge is 0.325 e. The van der Waals surface area contributed by atoms with Gasteiger partial charge in [-0.05, 0) is 118 Å². The summed E-state index contributed by atoms with van der Waals surface area (Å²) in [6.45, 7) is 18.0. The van der Waals surface area contributed by atoms with Gasteiger partial charge in [0.1, 0.15) is 11.5 Å². The fourth-order valence-corrected chi connectivity index (χ4v) is 6.10. The molecule has 0 spiro atoms. The number of hydrogen-bond donors (Lipinski definition) is 0. The molecule has 0 bridgehead atoms. The average Bonchev–Trinajstić information content (AvgIpc) is 2.69. The van der Waals surface area contributed by atoms with E-state index < -0.39 is 0 Å². The first-order valence-electron chi connectivity index (χ1n) is 12.7. The van der Waals surface area contributed by atoms with Crippen LogP contribution in [0.2, 0.25) is 0 Å². The molecule has 0 atom stereocenters. The van der Waals surface area contributed by atoms with E-state index in [0.717, 1.165) is 25.7 Å². The second-order valence-corrected chi connectivity index (χ2v) is 12.5. The highest BCUT2D eigenvalue weighted by atomic mass is 16.5. The van der Waals surface area contributed by atoms with Gasteiger partial charge in [0, 0.05) is 22.2 Å². The first-order chi connectivity index (χ1) is 15.6. The SMILES string of the molecule is CC1(C)CCCC(C)(C)N1CC(=O)Oc1ccc(OC(=O)CN2C(C)(C)CCCC2(C)C)cc1. The van der Waals surface area contributed by atoms with Crippen molar-refractivity contribution in [2.75, 3.05) is 13.1 Å². The van der Waals surface area contributed by atoms with Crippen LogP contribution in [0, 0.1) is 0 Å². The van der Waals surface area contributed by atoms with Crippen LogP contribution in [-0.2, 0) is 9.59 Å². The largest absolute Gasteiger partial charge is 0.426 e. The molecule has 0 saturated carbocycles. The van der Waals surface area contributed by atoms with Crippen LogP contribution in [0.4, 0.5) is 0 Å². The number of carbonyl (C=O) groups is 2. The molecular formula is C28H44N2O4. The number of benzene rings is 1. The Bertz CT molecular complexity index is 781. The highest BCUT2D eigenvalue weighted by Gasteiger charge is 2.43. The number of likely N-dealkylation sites (tertiary alicyclic amines) is 2. The summed E-state index contributed by atoms with van der Waals surface area (Å²) >= 11 is 0. The third kappa shape index (κ3) is 6.19. The van der Waals surface area contributed by atoms with Crippen LogP contribution in [0.1, 0.15) is 93.9 Å². The maximum atomic E-state index is 12.7. The van der Waals surface area contributed by atoms with E-state index in [0.29, 0.717) is 11.5 Å². The van der Waals surface area contributed by atoms with Gasteiger partial charge < -0.3 is 9.47 Å². The van der Waals surface area contributed by atoms with Gasteiger partial charge >= 0.3 is 11.9 Å². The van der Waals surface area contributed by atoms with Crippen molar-refractivity contribution in [3.05, 3.63) is 24.3 Å². The first kappa shape index (κ1) is 26.7. The number of carbonyl (C=O) groups excluding carboxylic acids is 2. The van der Waals surface area contributed by atoms with Gasteiger partial charge in [-0.1, -0.05) is 0 Å². The van der Waals surface area contributed by atoms with Gasteiger partial charge in [0.15, 0.2) is 0 Å². The summed E-state index contributed by atoms with van der Waals surface area (Å²) in [5.41, 5.74) is -0.181. The molecule has 2 fully saturated rings. The lowest BCUT2D eigenvalue weighted by Crippen LogP contribution is -2.60. The van der Waals surface area contributed by atoms with Crippen molar-refractivity contribution in [2.24, 2.45) is 0 Å². The lowest BCUT2D eigenvalue weighted by Gasteiger charge is -2.52. The van der Waals surface area contributed by atoms with Crippen LogP contribution < -0.4 is 9.47 Å². The van der Waals surface area contributed by atoms with Gasteiger partial charge in [-0.2, -0.15) is 0 Å². The Morgan fingerprint density at radius 1 is 0.618 bits per heavy atom. The predicted octanol–water partition coefficient (Wildman–Crippen LogP) is 5.58. The molecule has 3 rings (SSSR count). The average molecular weight is 473 g/mol. The number of ether oxygens (including phenoxy) is 2. The van der Waals surface area contributed by atoms with E-state index >= 15 is 0 Å². The summed E-state index contributed by atoms with van der Waals surface area (Å²) in [5.74, 6) is 0.358. The monoisotopic (exact) mass is 472 g/mol. The maximum absolute atomic E-state index is 12.7. The molecule has 0 unspecified atom stereocenters. The zero-order valence-electron chi connectivity index (χ0n) is 22.5. The van der Waals surface area contributed by atoms with Crippen molar-refractivity contribution < 1.29 is 19.1 Å². The van der Waals surface area contributed by atoms with E-state index in [4.69, 9.17) is 9.47 Å². The lowest BCUT2D eigenvalue weighted by molar-refractivity contribution is -0.142. The van der Waals surface area contributed by atoms with Crippen molar-refractivity contribution in [3.63, 3.8) is 0 Å². The van der Waals surface area contributed by atoms with Crippen LogP contribution in [0.5, 0.6) is 11.5 Å². The molecule has 34 heavy (non-hydrogen) atoms. The molecule has 6 heteroatoms. The highest BCUT2D eigenvalue weighted by Crippen LogP contribution is 2.39. The zero-order valence-corrected chi connectivity index (χ0v) is 22.5. The number of piperidine rings is 2. The Labute approximate surface area is 206 Å². The van der Waals surface area contributed by atoms with E-state index in [2.05, 4.69) is 65.2 Å². The molecule has 0 radical (unpaired) electrons. The molecule has 2 aliphatic heterocycles. The minimum atomic E-state index is -0.276. The number of rotatable bonds is 6. The maximum Gasteiger partial charge on any atom is 0.325 e. The van der Waals surface area contributed by atoms with Gasteiger partial charge in [-0.15, -0.1) is 0 Å². The molecule has 6 nitrogen and oxygen atoms in total. The number of nitrogens with zero attached hydrogens (tertiary/aromatic N) is 2. The van der Waals surface area contributed by atoms with Crippen molar-refractivity contribution in [1.82, 2.24) is 9.80 Å². The molecule has 2 aliphatic rings. The van der Waals surface area contributed by atoms with E-state index in [-0.39, 0.29) is 47.2 Å². The van der Waals surface area contributed by atoms with E-state index in [9.17, 15) is 9.59 Å². The lowest BCUT2D eigenvalue weighted by atomic mass is 9.80. The summed E-state index contributed by atoms with van der Waals surface area (Å²) in [6.07, 6.45) is 6.59. The molecule has 190 valence electrons. The number of esters is 2. The minimum absolute atomic E-state index is 0.0453. The second kappa shape index (κ2) is 9.62. The fraction of sp³-hybridized carbons (Fsp3) is 0.714. The summed E-state index contributed by atoms with van der Waals surface area (Å²) < 4.78 is 11.2. The van der Waals surface area contributed by atoms with Crippen LogP contribution >= 0.6 is 0 Å². The first-order valence-corrected chi connectivity index (χ1v) is 12.7. The van der Waals surface area contributed by atoms with Crippen molar-refractivity contribution in [2.45, 2.75) is 116 Å². The van der Waals surface area contributed by atoms with Crippen LogP contribution in [0.3, 0.4) is 0 Å². The summed E-state index contributed by atoms with van der Waals surface area (Å²) in [6, 6.07) is 6.73.